The van der Waals surface area contributed by atoms with Crippen molar-refractivity contribution >= 4 is 17.8 Å². The smallest absolute Gasteiger partial charge is 0.306 e. The molecule has 0 saturated heterocycles. The molecule has 7 heteroatoms. The van der Waals surface area contributed by atoms with Crippen LogP contribution in [0.15, 0.2) is 29.3 Å². The van der Waals surface area contributed by atoms with Crippen LogP contribution in [0, 0.1) is 0 Å². The highest BCUT2D eigenvalue weighted by atomic mass is 16.6. The van der Waals surface area contributed by atoms with E-state index < -0.39 is 5.60 Å². The van der Waals surface area contributed by atoms with Crippen LogP contribution in [-0.2, 0) is 16.0 Å². The SMILES string of the molecule is CN=C(NCCCCCCC(=O)OC(C)(C)C)NCCc1cccc(C(=O)NC)c1. The Hall–Kier alpha value is -2.57. The molecule has 0 saturated carbocycles. The number of carbonyl (C=O) groups excluding carboxylic acids is 2. The molecule has 0 aliphatic heterocycles. The van der Waals surface area contributed by atoms with Gasteiger partial charge >= 0.3 is 5.97 Å². The second-order valence-corrected chi connectivity index (χ2v) is 8.21. The zero-order valence-corrected chi connectivity index (χ0v) is 19.1. The van der Waals surface area contributed by atoms with Gasteiger partial charge in [-0.3, -0.25) is 14.6 Å². The Balaban J connectivity index is 2.16. The lowest BCUT2D eigenvalue weighted by Crippen LogP contribution is -2.38. The van der Waals surface area contributed by atoms with E-state index in [1.807, 2.05) is 45.0 Å². The second-order valence-electron chi connectivity index (χ2n) is 8.21. The maximum Gasteiger partial charge on any atom is 0.306 e. The average Bonchev–Trinajstić information content (AvgIpc) is 2.70. The van der Waals surface area contributed by atoms with E-state index in [2.05, 4.69) is 20.9 Å². The summed E-state index contributed by atoms with van der Waals surface area (Å²) in [6, 6.07) is 7.63. The summed E-state index contributed by atoms with van der Waals surface area (Å²) in [7, 11) is 3.38. The summed E-state index contributed by atoms with van der Waals surface area (Å²) in [6.07, 6.45) is 5.22. The van der Waals surface area contributed by atoms with Gasteiger partial charge in [-0.15, -0.1) is 0 Å². The number of ether oxygens (including phenoxy) is 1. The summed E-state index contributed by atoms with van der Waals surface area (Å²) in [5, 5.41) is 9.25. The molecule has 1 rings (SSSR count). The lowest BCUT2D eigenvalue weighted by Gasteiger charge is -2.19. The minimum absolute atomic E-state index is 0.0756. The van der Waals surface area contributed by atoms with E-state index in [-0.39, 0.29) is 11.9 Å². The van der Waals surface area contributed by atoms with Crippen LogP contribution in [0.25, 0.3) is 0 Å². The third-order valence-corrected chi connectivity index (χ3v) is 4.37. The predicted molar refractivity (Wildman–Crippen MR) is 122 cm³/mol. The lowest BCUT2D eigenvalue weighted by atomic mass is 10.1. The van der Waals surface area contributed by atoms with Crippen molar-refractivity contribution in [1.29, 1.82) is 0 Å². The van der Waals surface area contributed by atoms with Crippen molar-refractivity contribution in [2.24, 2.45) is 4.99 Å². The number of nitrogens with one attached hydrogen (secondary N) is 3. The summed E-state index contributed by atoms with van der Waals surface area (Å²) < 4.78 is 5.31. The summed E-state index contributed by atoms with van der Waals surface area (Å²) in [5.41, 5.74) is 1.37. The van der Waals surface area contributed by atoms with E-state index in [0.717, 1.165) is 56.7 Å². The second kappa shape index (κ2) is 13.6. The van der Waals surface area contributed by atoms with Gasteiger partial charge in [0.05, 0.1) is 0 Å². The van der Waals surface area contributed by atoms with Crippen LogP contribution < -0.4 is 16.0 Å². The fourth-order valence-corrected chi connectivity index (χ4v) is 2.91. The first-order valence-electron chi connectivity index (χ1n) is 10.7. The Kier molecular flexibility index (Phi) is 11.6. The average molecular weight is 419 g/mol. The van der Waals surface area contributed by atoms with Gasteiger partial charge in [-0.2, -0.15) is 0 Å². The number of hydrogen-bond donors (Lipinski definition) is 3. The van der Waals surface area contributed by atoms with Crippen molar-refractivity contribution in [3.8, 4) is 0 Å². The summed E-state index contributed by atoms with van der Waals surface area (Å²) in [4.78, 5) is 27.6. The molecule has 0 heterocycles. The number of unbranched alkanes of at least 4 members (excludes halogenated alkanes) is 3. The van der Waals surface area contributed by atoms with Crippen molar-refractivity contribution in [3.63, 3.8) is 0 Å². The first-order chi connectivity index (χ1) is 14.2. The zero-order valence-electron chi connectivity index (χ0n) is 19.1. The Bertz CT molecular complexity index is 696. The largest absolute Gasteiger partial charge is 0.460 e. The molecule has 0 aliphatic carbocycles. The molecular weight excluding hydrogens is 380 g/mol. The molecule has 1 aromatic rings. The number of esters is 1. The maximum atomic E-state index is 11.7. The fraction of sp³-hybridized carbons (Fsp3) is 0.609. The van der Waals surface area contributed by atoms with Crippen molar-refractivity contribution in [1.82, 2.24) is 16.0 Å². The van der Waals surface area contributed by atoms with Gasteiger partial charge < -0.3 is 20.7 Å². The quantitative estimate of drug-likeness (QED) is 0.222. The number of benzene rings is 1. The van der Waals surface area contributed by atoms with Gasteiger partial charge in [0.15, 0.2) is 5.96 Å². The molecule has 0 aliphatic rings. The molecule has 0 fully saturated rings. The van der Waals surface area contributed by atoms with Gasteiger partial charge in [-0.05, 0) is 57.7 Å². The van der Waals surface area contributed by atoms with Crippen LogP contribution in [0.1, 0.15) is 68.8 Å². The standard InChI is InChI=1S/C23H38N4O3/c1-23(2,3)30-20(28)13-8-6-7-9-15-26-22(25-5)27-16-14-18-11-10-12-19(17-18)21(29)24-4/h10-12,17H,6-9,13-16H2,1-5H3,(H,24,29)(H2,25,26,27). The minimum atomic E-state index is -0.406. The molecule has 0 bridgehead atoms. The van der Waals surface area contributed by atoms with Gasteiger partial charge in [0.25, 0.3) is 5.91 Å². The normalized spacial score (nSPS) is 11.7. The monoisotopic (exact) mass is 418 g/mol. The first-order valence-corrected chi connectivity index (χ1v) is 10.7. The minimum Gasteiger partial charge on any atom is -0.460 e. The Morgan fingerprint density at radius 2 is 1.73 bits per heavy atom. The van der Waals surface area contributed by atoms with Crippen molar-refractivity contribution in [3.05, 3.63) is 35.4 Å². The van der Waals surface area contributed by atoms with Crippen LogP contribution in [0.3, 0.4) is 0 Å². The molecule has 0 atom stereocenters. The fourth-order valence-electron chi connectivity index (χ4n) is 2.91. The molecule has 0 radical (unpaired) electrons. The molecular formula is C23H38N4O3. The summed E-state index contributed by atoms with van der Waals surface area (Å²) >= 11 is 0. The van der Waals surface area contributed by atoms with E-state index in [9.17, 15) is 9.59 Å². The molecule has 0 aromatic heterocycles. The summed E-state index contributed by atoms with van der Waals surface area (Å²) in [6.45, 7) is 7.23. The van der Waals surface area contributed by atoms with Crippen LogP contribution in [0.4, 0.5) is 0 Å². The van der Waals surface area contributed by atoms with Gasteiger partial charge in [0.1, 0.15) is 5.60 Å². The number of aliphatic imine (C=N–C) groups is 1. The lowest BCUT2D eigenvalue weighted by molar-refractivity contribution is -0.154. The molecule has 30 heavy (non-hydrogen) atoms. The molecule has 3 N–H and O–H groups in total. The number of nitrogens with zero attached hydrogens (tertiary/aromatic N) is 1. The van der Waals surface area contributed by atoms with E-state index in [4.69, 9.17) is 4.74 Å². The highest BCUT2D eigenvalue weighted by Crippen LogP contribution is 2.11. The molecule has 0 unspecified atom stereocenters. The van der Waals surface area contributed by atoms with Crippen LogP contribution in [0.2, 0.25) is 0 Å². The van der Waals surface area contributed by atoms with Gasteiger partial charge in [-0.25, -0.2) is 0 Å². The van der Waals surface area contributed by atoms with E-state index >= 15 is 0 Å². The van der Waals surface area contributed by atoms with Gasteiger partial charge in [-0.1, -0.05) is 25.0 Å². The third kappa shape index (κ3) is 11.4. The van der Waals surface area contributed by atoms with E-state index in [1.165, 1.54) is 0 Å². The highest BCUT2D eigenvalue weighted by molar-refractivity contribution is 5.94. The topological polar surface area (TPSA) is 91.8 Å². The van der Waals surface area contributed by atoms with Crippen LogP contribution >= 0.6 is 0 Å². The molecule has 7 nitrogen and oxygen atoms in total. The maximum absolute atomic E-state index is 11.7. The Labute approximate surface area is 181 Å². The predicted octanol–water partition coefficient (Wildman–Crippen LogP) is 3.05. The van der Waals surface area contributed by atoms with Crippen LogP contribution in [0.5, 0.6) is 0 Å². The first kappa shape index (κ1) is 25.5. The number of carbonyl (C=O) groups is 2. The number of rotatable bonds is 11. The Morgan fingerprint density at radius 3 is 2.40 bits per heavy atom. The van der Waals surface area contributed by atoms with Gasteiger partial charge in [0, 0.05) is 39.2 Å². The van der Waals surface area contributed by atoms with Gasteiger partial charge in [0.2, 0.25) is 0 Å². The third-order valence-electron chi connectivity index (χ3n) is 4.37. The highest BCUT2D eigenvalue weighted by Gasteiger charge is 2.15. The molecule has 0 spiro atoms. The molecule has 1 aromatic carbocycles. The molecule has 1 amide bonds. The Morgan fingerprint density at radius 1 is 1.03 bits per heavy atom. The zero-order chi connectivity index (χ0) is 22.4. The number of amides is 1. The molecule has 168 valence electrons. The number of guanidine groups is 1. The van der Waals surface area contributed by atoms with E-state index in [1.54, 1.807) is 14.1 Å². The van der Waals surface area contributed by atoms with Crippen molar-refractivity contribution in [2.75, 3.05) is 27.2 Å². The van der Waals surface area contributed by atoms with Crippen molar-refractivity contribution in [2.45, 2.75) is 64.9 Å². The number of hydrogen-bond acceptors (Lipinski definition) is 4. The van der Waals surface area contributed by atoms with Crippen LogP contribution in [-0.4, -0.2) is 50.6 Å². The van der Waals surface area contributed by atoms with E-state index in [0.29, 0.717) is 12.0 Å². The van der Waals surface area contributed by atoms with Crippen molar-refractivity contribution < 1.29 is 14.3 Å². The summed E-state index contributed by atoms with van der Waals surface area (Å²) in [5.74, 6) is 0.575.